The Morgan fingerprint density at radius 3 is 2.56 bits per heavy atom. The van der Waals surface area contributed by atoms with Crippen LogP contribution in [-0.4, -0.2) is 11.7 Å². The second kappa shape index (κ2) is 5.70. The fourth-order valence-corrected chi connectivity index (χ4v) is 2.96. The third-order valence-electron chi connectivity index (χ3n) is 4.20. The summed E-state index contributed by atoms with van der Waals surface area (Å²) in [4.78, 5) is 12.4. The van der Waals surface area contributed by atoms with Crippen LogP contribution < -0.4 is 10.2 Å². The number of fused-ring (bicyclic) bond motifs is 2. The number of rotatable bonds is 3. The lowest BCUT2D eigenvalue weighted by atomic mass is 10.1. The molecular weight excluding hydrogens is 320 g/mol. The van der Waals surface area contributed by atoms with E-state index < -0.39 is 11.2 Å². The van der Waals surface area contributed by atoms with E-state index in [4.69, 9.17) is 13.6 Å². The number of hydrogen-bond donors (Lipinski definition) is 1. The van der Waals surface area contributed by atoms with Gasteiger partial charge in [-0.15, -0.1) is 0 Å². The van der Waals surface area contributed by atoms with E-state index in [0.717, 1.165) is 10.9 Å². The minimum atomic E-state index is -0.480. The van der Waals surface area contributed by atoms with Gasteiger partial charge in [0.1, 0.15) is 16.9 Å². The Hall–Kier alpha value is -3.21. The molecular formula is C20H16O5. The van der Waals surface area contributed by atoms with Gasteiger partial charge in [-0.2, -0.15) is 0 Å². The molecule has 0 aliphatic rings. The van der Waals surface area contributed by atoms with Crippen LogP contribution in [0.2, 0.25) is 0 Å². The Balaban J connectivity index is 1.98. The highest BCUT2D eigenvalue weighted by atomic mass is 16.5. The third kappa shape index (κ3) is 2.36. The van der Waals surface area contributed by atoms with Crippen molar-refractivity contribution in [2.75, 3.05) is 6.61 Å². The molecule has 0 bridgehead atoms. The van der Waals surface area contributed by atoms with E-state index >= 15 is 0 Å². The number of para-hydroxylation sites is 1. The van der Waals surface area contributed by atoms with E-state index in [-0.39, 0.29) is 5.76 Å². The van der Waals surface area contributed by atoms with Crippen LogP contribution in [0.4, 0.5) is 0 Å². The molecule has 0 saturated carbocycles. The number of ether oxygens (including phenoxy) is 1. The molecule has 0 atom stereocenters. The summed E-state index contributed by atoms with van der Waals surface area (Å²) < 4.78 is 17.1. The molecule has 126 valence electrons. The molecule has 0 unspecified atom stereocenters. The van der Waals surface area contributed by atoms with E-state index in [1.54, 1.807) is 30.3 Å². The van der Waals surface area contributed by atoms with Crippen LogP contribution in [0, 0.1) is 6.92 Å². The molecule has 0 radical (unpaired) electrons. The number of aromatic hydroxyl groups is 1. The standard InChI is InChI=1S/C20H16O5/c1-3-23-12-8-9-13-11(2)19(25-16(13)10-12)20-18(22)17(21)14-6-4-5-7-15(14)24-20/h4-10,22H,3H2,1-2H3. The average Bonchev–Trinajstić information content (AvgIpc) is 2.94. The van der Waals surface area contributed by atoms with E-state index in [1.165, 1.54) is 0 Å². The molecule has 0 aliphatic heterocycles. The molecule has 5 nitrogen and oxygen atoms in total. The molecule has 4 aromatic rings. The van der Waals surface area contributed by atoms with Crippen LogP contribution in [0.1, 0.15) is 12.5 Å². The molecule has 2 aromatic heterocycles. The first-order valence-electron chi connectivity index (χ1n) is 8.01. The van der Waals surface area contributed by atoms with Crippen molar-refractivity contribution in [2.24, 2.45) is 0 Å². The van der Waals surface area contributed by atoms with E-state index in [9.17, 15) is 9.90 Å². The second-order valence-corrected chi connectivity index (χ2v) is 5.75. The summed E-state index contributed by atoms with van der Waals surface area (Å²) in [6.07, 6.45) is 0. The minimum Gasteiger partial charge on any atom is -0.501 e. The van der Waals surface area contributed by atoms with Crippen molar-refractivity contribution in [3.05, 3.63) is 58.3 Å². The minimum absolute atomic E-state index is 0.0374. The predicted molar refractivity (Wildman–Crippen MR) is 95.3 cm³/mol. The molecule has 0 spiro atoms. The van der Waals surface area contributed by atoms with Gasteiger partial charge in [0.15, 0.2) is 5.76 Å². The van der Waals surface area contributed by atoms with E-state index in [2.05, 4.69) is 0 Å². The molecule has 1 N–H and O–H groups in total. The van der Waals surface area contributed by atoms with Gasteiger partial charge in [-0.25, -0.2) is 0 Å². The maximum Gasteiger partial charge on any atom is 0.235 e. The van der Waals surface area contributed by atoms with Crippen LogP contribution in [-0.2, 0) is 0 Å². The Bertz CT molecular complexity index is 1150. The normalized spacial score (nSPS) is 11.3. The summed E-state index contributed by atoms with van der Waals surface area (Å²) in [6.45, 7) is 4.32. The summed E-state index contributed by atoms with van der Waals surface area (Å²) >= 11 is 0. The van der Waals surface area contributed by atoms with Crippen LogP contribution in [0.3, 0.4) is 0 Å². The van der Waals surface area contributed by atoms with Crippen molar-refractivity contribution >= 4 is 21.9 Å². The topological polar surface area (TPSA) is 72.8 Å². The van der Waals surface area contributed by atoms with Crippen molar-refractivity contribution in [2.45, 2.75) is 13.8 Å². The average molecular weight is 336 g/mol. The van der Waals surface area contributed by atoms with Gasteiger partial charge < -0.3 is 18.7 Å². The second-order valence-electron chi connectivity index (χ2n) is 5.75. The highest BCUT2D eigenvalue weighted by molar-refractivity contribution is 5.89. The lowest BCUT2D eigenvalue weighted by molar-refractivity contribution is 0.340. The van der Waals surface area contributed by atoms with E-state index in [0.29, 0.717) is 34.7 Å². The molecule has 0 fully saturated rings. The van der Waals surface area contributed by atoms with Crippen LogP contribution in [0.15, 0.2) is 56.1 Å². The van der Waals surface area contributed by atoms with Gasteiger partial charge in [0.05, 0.1) is 12.0 Å². The first-order chi connectivity index (χ1) is 12.1. The summed E-state index contributed by atoms with van der Waals surface area (Å²) in [5.74, 6) is 0.615. The molecule has 4 rings (SSSR count). The Morgan fingerprint density at radius 1 is 1.00 bits per heavy atom. The van der Waals surface area contributed by atoms with Gasteiger partial charge in [0.25, 0.3) is 0 Å². The quantitative estimate of drug-likeness (QED) is 0.591. The summed E-state index contributed by atoms with van der Waals surface area (Å²) in [6, 6.07) is 12.3. The van der Waals surface area contributed by atoms with Crippen LogP contribution in [0.5, 0.6) is 11.5 Å². The molecule has 25 heavy (non-hydrogen) atoms. The number of aryl methyl sites for hydroxylation is 1. The van der Waals surface area contributed by atoms with Crippen molar-refractivity contribution < 1.29 is 18.7 Å². The highest BCUT2D eigenvalue weighted by Crippen LogP contribution is 2.38. The molecule has 5 heteroatoms. The van der Waals surface area contributed by atoms with Gasteiger partial charge in [-0.05, 0) is 38.1 Å². The predicted octanol–water partition coefficient (Wildman–Crippen LogP) is 4.62. The maximum atomic E-state index is 12.4. The van der Waals surface area contributed by atoms with Crippen LogP contribution >= 0.6 is 0 Å². The fourth-order valence-electron chi connectivity index (χ4n) is 2.96. The molecule has 2 aromatic carbocycles. The molecule has 2 heterocycles. The zero-order valence-electron chi connectivity index (χ0n) is 13.8. The van der Waals surface area contributed by atoms with Crippen molar-refractivity contribution in [1.82, 2.24) is 0 Å². The SMILES string of the molecule is CCOc1ccc2c(C)c(-c3oc4ccccc4c(=O)c3O)oc2c1. The molecule has 0 aliphatic carbocycles. The lowest BCUT2D eigenvalue weighted by Crippen LogP contribution is -2.02. The van der Waals surface area contributed by atoms with Gasteiger partial charge >= 0.3 is 0 Å². The summed E-state index contributed by atoms with van der Waals surface area (Å²) in [5.41, 5.74) is 1.31. The molecule has 0 amide bonds. The fraction of sp³-hybridized carbons (Fsp3) is 0.150. The zero-order chi connectivity index (χ0) is 17.6. The van der Waals surface area contributed by atoms with Crippen molar-refractivity contribution in [3.63, 3.8) is 0 Å². The lowest BCUT2D eigenvalue weighted by Gasteiger charge is -2.04. The Morgan fingerprint density at radius 2 is 1.76 bits per heavy atom. The Kier molecular flexibility index (Phi) is 3.50. The number of furan rings is 1. The highest BCUT2D eigenvalue weighted by Gasteiger charge is 2.22. The van der Waals surface area contributed by atoms with Crippen molar-refractivity contribution in [3.8, 4) is 23.0 Å². The zero-order valence-corrected chi connectivity index (χ0v) is 13.8. The van der Waals surface area contributed by atoms with Gasteiger partial charge in [0.2, 0.25) is 16.9 Å². The summed E-state index contributed by atoms with van der Waals surface area (Å²) in [5, 5.41) is 11.5. The van der Waals surface area contributed by atoms with Gasteiger partial charge in [-0.3, -0.25) is 4.79 Å². The first kappa shape index (κ1) is 15.3. The smallest absolute Gasteiger partial charge is 0.235 e. The largest absolute Gasteiger partial charge is 0.501 e. The number of hydrogen-bond acceptors (Lipinski definition) is 5. The Labute approximate surface area is 143 Å². The number of benzene rings is 2. The third-order valence-corrected chi connectivity index (χ3v) is 4.20. The maximum absolute atomic E-state index is 12.4. The first-order valence-corrected chi connectivity index (χ1v) is 8.01. The monoisotopic (exact) mass is 336 g/mol. The van der Waals surface area contributed by atoms with Gasteiger partial charge in [0, 0.05) is 17.0 Å². The van der Waals surface area contributed by atoms with E-state index in [1.807, 2.05) is 26.0 Å². The summed E-state index contributed by atoms with van der Waals surface area (Å²) in [7, 11) is 0. The molecule has 0 saturated heterocycles. The van der Waals surface area contributed by atoms with Crippen molar-refractivity contribution in [1.29, 1.82) is 0 Å². The van der Waals surface area contributed by atoms with Crippen LogP contribution in [0.25, 0.3) is 33.5 Å². The van der Waals surface area contributed by atoms with Gasteiger partial charge in [-0.1, -0.05) is 12.1 Å².